The highest BCUT2D eigenvalue weighted by Crippen LogP contribution is 2.57. The number of hydrogen-bond acceptors (Lipinski definition) is 8. The van der Waals surface area contributed by atoms with Gasteiger partial charge in [-0.3, -0.25) is 28.3 Å². The van der Waals surface area contributed by atoms with Gasteiger partial charge in [-0.25, -0.2) is 0 Å². The lowest BCUT2D eigenvalue weighted by Gasteiger charge is -2.27. The van der Waals surface area contributed by atoms with E-state index in [-0.39, 0.29) is 34.1 Å². The highest BCUT2D eigenvalue weighted by Gasteiger charge is 2.33. The number of rotatable bonds is 84. The van der Waals surface area contributed by atoms with Crippen molar-refractivity contribution in [3.8, 4) is 23.0 Å². The molecule has 11 aromatic rings. The van der Waals surface area contributed by atoms with Crippen molar-refractivity contribution in [2.45, 2.75) is 531 Å². The van der Waals surface area contributed by atoms with Crippen LogP contribution >= 0.6 is 0 Å². The molecule has 0 radical (unpaired) electrons. The van der Waals surface area contributed by atoms with Gasteiger partial charge in [0.1, 0.15) is 0 Å². The van der Waals surface area contributed by atoms with Gasteiger partial charge in [-0.2, -0.15) is 0 Å². The number of aromatic nitrogens is 2. The lowest BCUT2D eigenvalue weighted by Crippen LogP contribution is -2.36. The van der Waals surface area contributed by atoms with Gasteiger partial charge >= 0.3 is 0 Å². The Morgan fingerprint density at radius 1 is 0.172 bits per heavy atom. The molecule has 0 aliphatic carbocycles. The van der Waals surface area contributed by atoms with Crippen LogP contribution in [0.5, 0.6) is 23.0 Å². The van der Waals surface area contributed by atoms with Crippen LogP contribution in [0.3, 0.4) is 0 Å². The first-order chi connectivity index (χ1) is 66.1. The number of pyridine rings is 2. The molecule has 0 aliphatic heterocycles. The maximum atomic E-state index is 16.8. The van der Waals surface area contributed by atoms with E-state index in [0.717, 1.165) is 204 Å². The summed E-state index contributed by atoms with van der Waals surface area (Å²) in [4.78, 5) is 67.2. The number of benzene rings is 9. The molecule has 0 N–H and O–H groups in total. The molecular weight excluding hydrogens is 1650 g/mol. The Kier molecular flexibility index (Phi) is 49.6. The standard InChI is InChI=1S/C124H190N2O8/c1-9-17-25-33-41-47-51-57-65-73-81-131-109-89-97-98(90-110(109)132-82-74-66-58-52-48-42-34-26-18-10-2)102-86-106-114-108(124(130)126(122(106)128)94-96(78-70-62-40-32-24-16-8)80-72-64-56-46-38-30-22-14-6)88-104-100-92-112(134-84-76-68-60-54-50-44-36-28-20-12-4)111(133-83-75-67-59-53-49-43-35-27-19-11-3)91-99(100)103-87-107-113-105(85-101(97)115-116(102)120(114)118(104)117(103)119(113)115)121(127)125(123(107)129)93-95(77-69-61-39-31-23-15-7)79-71-63-55-45-37-29-21-13-5/h85-92,95-96H,9-84,93-94H2,1-8H3. The Morgan fingerprint density at radius 2 is 0.328 bits per heavy atom. The van der Waals surface area contributed by atoms with E-state index in [2.05, 4.69) is 104 Å². The zero-order valence-corrected chi connectivity index (χ0v) is 87.1. The second-order valence-electron chi connectivity index (χ2n) is 42.5. The van der Waals surface area contributed by atoms with Gasteiger partial charge in [-0.05, 0) is 176 Å². The average Bonchev–Trinajstić information content (AvgIpc) is 0.652. The number of hydrogen-bond donors (Lipinski definition) is 0. The molecule has 9 aromatic carbocycles. The van der Waals surface area contributed by atoms with Crippen molar-refractivity contribution in [2.75, 3.05) is 26.4 Å². The fraction of sp³-hybridized carbons (Fsp3) is 0.710. The summed E-state index contributed by atoms with van der Waals surface area (Å²) in [5.41, 5.74) is -0.877. The Bertz CT molecular complexity index is 4700. The molecule has 0 saturated heterocycles. The van der Waals surface area contributed by atoms with Crippen molar-refractivity contribution >= 4 is 108 Å². The summed E-state index contributed by atoms with van der Waals surface area (Å²) in [6.45, 7) is 21.3. The molecule has 10 heteroatoms. The predicted molar refractivity (Wildman–Crippen MR) is 585 cm³/mol. The third kappa shape index (κ3) is 31.2. The molecule has 2 aromatic heterocycles. The number of fused-ring (bicyclic) bond motifs is 6. The molecule has 11 rings (SSSR count). The minimum Gasteiger partial charge on any atom is -0.490 e. The van der Waals surface area contributed by atoms with Gasteiger partial charge in [0.25, 0.3) is 22.2 Å². The number of nitrogens with zero attached hydrogens (tertiary/aromatic N) is 2. The molecule has 0 bridgehead atoms. The van der Waals surface area contributed by atoms with Crippen molar-refractivity contribution in [3.63, 3.8) is 0 Å². The zero-order valence-electron chi connectivity index (χ0n) is 87.1. The summed E-state index contributed by atoms with van der Waals surface area (Å²) in [6, 6.07) is 17.7. The topological polar surface area (TPSA) is 115 Å². The molecule has 744 valence electrons. The van der Waals surface area contributed by atoms with E-state index in [1.54, 1.807) is 9.13 Å². The van der Waals surface area contributed by atoms with Gasteiger partial charge in [0, 0.05) is 56.2 Å². The molecule has 0 saturated carbocycles. The summed E-state index contributed by atoms with van der Waals surface area (Å²) >= 11 is 0. The van der Waals surface area contributed by atoms with Crippen LogP contribution in [0.15, 0.2) is 67.7 Å². The molecule has 2 heterocycles. The van der Waals surface area contributed by atoms with Crippen LogP contribution < -0.4 is 41.2 Å². The van der Waals surface area contributed by atoms with Gasteiger partial charge < -0.3 is 18.9 Å². The summed E-state index contributed by atoms with van der Waals surface area (Å²) in [6.07, 6.45) is 86.9. The normalized spacial score (nSPS) is 12.8. The van der Waals surface area contributed by atoms with E-state index in [9.17, 15) is 0 Å². The first kappa shape index (κ1) is 108. The SMILES string of the molecule is CCCCCCCCCCCCOc1cc2c(cc1OCCCCCCCCCCCC)c1cc3c(=O)n(CC(CCCCCCCC)CCCCCCCCCC)c(=O)c4cc5c6cc(OCCCCCCCCCCCC)c(OCCCCCCCCCCCC)cc6c6cc7c(=O)n(CC(CCCCCCCC)CCCCCCCCCC)c(=O)c8cc2c2c1c(c34)c5c6c2c87. The van der Waals surface area contributed by atoms with Crippen molar-refractivity contribution in [2.24, 2.45) is 11.8 Å². The lowest BCUT2D eigenvalue weighted by molar-refractivity contribution is 0.259. The Hall–Kier alpha value is -6.68. The van der Waals surface area contributed by atoms with E-state index >= 15 is 19.2 Å². The minimum atomic E-state index is -0.219. The number of ether oxygens (including phenoxy) is 4. The number of unbranched alkanes of at least 4 members (excludes halogenated alkanes) is 60. The van der Waals surface area contributed by atoms with Crippen LogP contribution in [0.25, 0.3) is 108 Å². The second kappa shape index (κ2) is 61.7. The quantitative estimate of drug-likeness (QED) is 0.0210. The van der Waals surface area contributed by atoms with Gasteiger partial charge in [-0.15, -0.1) is 0 Å². The minimum absolute atomic E-state index is 0.156. The summed E-state index contributed by atoms with van der Waals surface area (Å²) in [5.74, 6) is 3.10. The van der Waals surface area contributed by atoms with Crippen molar-refractivity contribution in [1.82, 2.24) is 9.13 Å². The van der Waals surface area contributed by atoms with Gasteiger partial charge in [-0.1, -0.05) is 466 Å². The first-order valence-electron chi connectivity index (χ1n) is 58.0. The van der Waals surface area contributed by atoms with Crippen LogP contribution in [-0.4, -0.2) is 35.6 Å². The third-order valence-electron chi connectivity index (χ3n) is 31.3. The molecule has 0 aliphatic rings. The van der Waals surface area contributed by atoms with Crippen molar-refractivity contribution in [3.05, 3.63) is 89.9 Å². The largest absolute Gasteiger partial charge is 0.490 e. The van der Waals surface area contributed by atoms with E-state index in [4.69, 9.17) is 18.9 Å². The fourth-order valence-electron chi connectivity index (χ4n) is 23.2. The molecular formula is C124H190N2O8. The molecule has 0 amide bonds. The van der Waals surface area contributed by atoms with Crippen molar-refractivity contribution in [1.29, 1.82) is 0 Å². The van der Waals surface area contributed by atoms with Gasteiger partial charge in [0.2, 0.25) is 0 Å². The van der Waals surface area contributed by atoms with E-state index < -0.39 is 0 Å². The molecule has 0 fully saturated rings. The Labute approximate surface area is 812 Å². The Morgan fingerprint density at radius 3 is 0.500 bits per heavy atom. The van der Waals surface area contributed by atoms with Crippen LogP contribution in [0.1, 0.15) is 518 Å². The van der Waals surface area contributed by atoms with E-state index in [1.807, 2.05) is 0 Å². The molecule has 10 nitrogen and oxygen atoms in total. The van der Waals surface area contributed by atoms with Crippen LogP contribution in [0.4, 0.5) is 0 Å². The maximum absolute atomic E-state index is 16.8. The summed E-state index contributed by atoms with van der Waals surface area (Å²) < 4.78 is 32.4. The third-order valence-corrected chi connectivity index (χ3v) is 31.3. The first-order valence-corrected chi connectivity index (χ1v) is 58.0. The van der Waals surface area contributed by atoms with Gasteiger partial charge in [0.15, 0.2) is 23.0 Å². The summed E-state index contributed by atoms with van der Waals surface area (Å²) in [5, 5.41) is 16.7. The molecule has 0 spiro atoms. The van der Waals surface area contributed by atoms with Crippen molar-refractivity contribution < 1.29 is 18.9 Å². The summed E-state index contributed by atoms with van der Waals surface area (Å²) in [7, 11) is 0. The second-order valence-corrected chi connectivity index (χ2v) is 42.5. The van der Waals surface area contributed by atoms with Crippen LogP contribution in [0, 0.1) is 11.8 Å². The van der Waals surface area contributed by atoms with E-state index in [1.165, 1.54) is 334 Å². The zero-order chi connectivity index (χ0) is 94.1. The maximum Gasteiger partial charge on any atom is 0.261 e. The van der Waals surface area contributed by atoms with Crippen LogP contribution in [-0.2, 0) is 13.1 Å². The van der Waals surface area contributed by atoms with E-state index in [0.29, 0.717) is 94.8 Å². The fourth-order valence-corrected chi connectivity index (χ4v) is 23.2. The average molecular weight is 1840 g/mol. The predicted octanol–water partition coefficient (Wildman–Crippen LogP) is 38.4. The molecule has 134 heavy (non-hydrogen) atoms. The van der Waals surface area contributed by atoms with Gasteiger partial charge in [0.05, 0.1) is 26.4 Å². The van der Waals surface area contributed by atoms with Crippen LogP contribution in [0.2, 0.25) is 0 Å². The molecule has 2 unspecified atom stereocenters. The Balaban J connectivity index is 1.16. The highest BCUT2D eigenvalue weighted by molar-refractivity contribution is 6.54. The lowest BCUT2D eigenvalue weighted by atomic mass is 9.77. The smallest absolute Gasteiger partial charge is 0.261 e. The monoisotopic (exact) mass is 1840 g/mol. The highest BCUT2D eigenvalue weighted by atomic mass is 16.5. The molecule has 2 atom stereocenters.